The van der Waals surface area contributed by atoms with E-state index in [4.69, 9.17) is 19.7 Å². The molecular weight excluding hydrogens is 731 g/mol. The largest absolute Gasteiger partial charge is 0.457 e. The number of nitrogens with zero attached hydrogens (tertiary/aromatic N) is 3. The summed E-state index contributed by atoms with van der Waals surface area (Å²) in [5.74, 6) is 3.67. The lowest BCUT2D eigenvalue weighted by Crippen LogP contribution is -2.32. The van der Waals surface area contributed by atoms with Crippen LogP contribution in [0.5, 0.6) is 11.5 Å². The van der Waals surface area contributed by atoms with Gasteiger partial charge in [0.2, 0.25) is 0 Å². The van der Waals surface area contributed by atoms with E-state index in [2.05, 4.69) is 182 Å². The predicted molar refractivity (Wildman–Crippen MR) is 242 cm³/mol. The number of ether oxygens (including phenoxy) is 1. The third kappa shape index (κ3) is 5.21. The average Bonchev–Trinajstić information content (AvgIpc) is 3.62. The van der Waals surface area contributed by atoms with E-state index in [0.717, 1.165) is 50.4 Å². The molecule has 0 radical (unpaired) electrons. The van der Waals surface area contributed by atoms with Gasteiger partial charge in [0.25, 0.3) is 0 Å². The Bertz CT molecular complexity index is 3230. The fourth-order valence-electron chi connectivity index (χ4n) is 9.57. The highest BCUT2D eigenvalue weighted by molar-refractivity contribution is 5.98. The lowest BCUT2D eigenvalue weighted by molar-refractivity contribution is 0.436. The topological polar surface area (TPSA) is 47.9 Å². The molecule has 1 spiro atoms. The Hall–Kier alpha value is -7.95. The molecule has 4 nitrogen and oxygen atoms in total. The molecule has 0 saturated carbocycles. The maximum atomic E-state index is 6.56. The van der Waals surface area contributed by atoms with Gasteiger partial charge in [-0.3, -0.25) is 0 Å². The number of benzene rings is 9. The van der Waals surface area contributed by atoms with Gasteiger partial charge in [-0.05, 0) is 67.4 Å². The van der Waals surface area contributed by atoms with E-state index in [1.54, 1.807) is 0 Å². The molecule has 4 heteroatoms. The Balaban J connectivity index is 0.966. The van der Waals surface area contributed by atoms with Gasteiger partial charge in [0.15, 0.2) is 17.5 Å². The molecule has 1 aliphatic heterocycles. The summed E-state index contributed by atoms with van der Waals surface area (Å²) >= 11 is 0. The summed E-state index contributed by atoms with van der Waals surface area (Å²) in [6.07, 6.45) is 0. The molecule has 12 rings (SSSR count). The van der Waals surface area contributed by atoms with Crippen molar-refractivity contribution in [1.29, 1.82) is 0 Å². The predicted octanol–water partition coefficient (Wildman–Crippen LogP) is 13.8. The molecule has 2 aliphatic rings. The third-order valence-corrected chi connectivity index (χ3v) is 12.2. The molecule has 0 amide bonds. The number of fused-ring (bicyclic) bond motifs is 10. The Morgan fingerprint density at radius 3 is 1.40 bits per heavy atom. The van der Waals surface area contributed by atoms with E-state index in [0.29, 0.717) is 17.5 Å². The van der Waals surface area contributed by atoms with Gasteiger partial charge in [-0.15, -0.1) is 0 Å². The third-order valence-electron chi connectivity index (χ3n) is 12.2. The highest BCUT2D eigenvalue weighted by Gasteiger charge is 2.51. The summed E-state index contributed by atoms with van der Waals surface area (Å²) in [6, 6.07) is 75.0. The highest BCUT2D eigenvalue weighted by Crippen LogP contribution is 2.63. The smallest absolute Gasteiger partial charge is 0.164 e. The zero-order valence-electron chi connectivity index (χ0n) is 32.5. The SMILES string of the molecule is c1ccc(-c2nc(-c3ccc(-c4cccc5c4-c4ccccc4C54c5ccccc5Oc5ccccc54)cc3)nc(-c3ccc(-c4cccc5ccccc45)cc3)n2)cc1. The van der Waals surface area contributed by atoms with Gasteiger partial charge in [-0.1, -0.05) is 200 Å². The molecule has 0 unspecified atom stereocenters. The first-order chi connectivity index (χ1) is 29.7. The van der Waals surface area contributed by atoms with Crippen molar-refractivity contribution >= 4 is 10.8 Å². The number of aromatic nitrogens is 3. The van der Waals surface area contributed by atoms with Crippen LogP contribution >= 0.6 is 0 Å². The van der Waals surface area contributed by atoms with Gasteiger partial charge in [0.05, 0.1) is 5.41 Å². The lowest BCUT2D eigenvalue weighted by Gasteiger charge is -2.39. The van der Waals surface area contributed by atoms with Gasteiger partial charge in [0.1, 0.15) is 11.5 Å². The fourth-order valence-corrected chi connectivity index (χ4v) is 9.57. The number of para-hydroxylation sites is 2. The van der Waals surface area contributed by atoms with E-state index in [1.807, 2.05) is 30.3 Å². The Labute approximate surface area is 348 Å². The first-order valence-corrected chi connectivity index (χ1v) is 20.4. The van der Waals surface area contributed by atoms with Crippen molar-refractivity contribution in [2.75, 3.05) is 0 Å². The zero-order valence-corrected chi connectivity index (χ0v) is 32.5. The summed E-state index contributed by atoms with van der Waals surface area (Å²) in [6.45, 7) is 0. The van der Waals surface area contributed by atoms with Crippen LogP contribution in [0.15, 0.2) is 212 Å². The van der Waals surface area contributed by atoms with Gasteiger partial charge in [-0.25, -0.2) is 15.0 Å². The van der Waals surface area contributed by atoms with Crippen LogP contribution in [-0.2, 0) is 5.41 Å². The van der Waals surface area contributed by atoms with Gasteiger partial charge >= 0.3 is 0 Å². The molecule has 10 aromatic rings. The molecule has 1 aliphatic carbocycles. The minimum absolute atomic E-state index is 0.518. The molecule has 9 aromatic carbocycles. The van der Waals surface area contributed by atoms with Crippen LogP contribution in [0, 0.1) is 0 Å². The number of rotatable bonds is 5. The molecule has 0 fully saturated rings. The van der Waals surface area contributed by atoms with Crippen molar-refractivity contribution < 1.29 is 4.74 Å². The van der Waals surface area contributed by atoms with Crippen molar-refractivity contribution in [3.8, 4) is 79.0 Å². The van der Waals surface area contributed by atoms with Gasteiger partial charge < -0.3 is 4.74 Å². The molecule has 0 bridgehead atoms. The molecule has 0 saturated heterocycles. The normalized spacial score (nSPS) is 12.9. The summed E-state index contributed by atoms with van der Waals surface area (Å²) < 4.78 is 6.56. The minimum Gasteiger partial charge on any atom is -0.457 e. The van der Waals surface area contributed by atoms with E-state index in [-0.39, 0.29) is 0 Å². The molecule has 280 valence electrons. The van der Waals surface area contributed by atoms with Crippen molar-refractivity contribution in [1.82, 2.24) is 15.0 Å². The summed E-state index contributed by atoms with van der Waals surface area (Å²) in [5, 5.41) is 2.45. The van der Waals surface area contributed by atoms with Crippen molar-refractivity contribution in [3.05, 3.63) is 235 Å². The molecule has 1 aromatic heterocycles. The van der Waals surface area contributed by atoms with Crippen LogP contribution in [0.1, 0.15) is 22.3 Å². The van der Waals surface area contributed by atoms with Crippen LogP contribution in [0.2, 0.25) is 0 Å². The molecule has 60 heavy (non-hydrogen) atoms. The minimum atomic E-state index is -0.518. The van der Waals surface area contributed by atoms with Crippen molar-refractivity contribution in [2.45, 2.75) is 5.41 Å². The van der Waals surface area contributed by atoms with Crippen LogP contribution in [-0.4, -0.2) is 15.0 Å². The van der Waals surface area contributed by atoms with Crippen LogP contribution < -0.4 is 4.74 Å². The quantitative estimate of drug-likeness (QED) is 0.175. The molecule has 0 atom stereocenters. The number of hydrogen-bond acceptors (Lipinski definition) is 4. The van der Waals surface area contributed by atoms with E-state index >= 15 is 0 Å². The summed E-state index contributed by atoms with van der Waals surface area (Å²) in [5.41, 5.74) is 14.2. The van der Waals surface area contributed by atoms with E-state index < -0.39 is 5.41 Å². The van der Waals surface area contributed by atoms with Gasteiger partial charge in [0, 0.05) is 27.8 Å². The standard InChI is InChI=1S/C56H35N3O/c1-2-15-39(16-3-1)53-57-54(40-32-28-37(29-33-40)43-20-12-17-36-14-4-5-18-42(36)43)59-55(58-53)41-34-30-38(31-35-41)44-21-13-25-49-52(44)45-19-6-7-22-46(45)56(49)47-23-8-10-26-50(47)60-51-27-11-9-24-48(51)56/h1-35H. The van der Waals surface area contributed by atoms with Crippen molar-refractivity contribution in [2.24, 2.45) is 0 Å². The first-order valence-electron chi connectivity index (χ1n) is 20.4. The maximum Gasteiger partial charge on any atom is 0.164 e. The zero-order chi connectivity index (χ0) is 39.6. The monoisotopic (exact) mass is 765 g/mol. The average molecular weight is 766 g/mol. The first kappa shape index (κ1) is 34.1. The molecule has 2 heterocycles. The summed E-state index contributed by atoms with van der Waals surface area (Å²) in [4.78, 5) is 15.2. The van der Waals surface area contributed by atoms with Gasteiger partial charge in [-0.2, -0.15) is 0 Å². The van der Waals surface area contributed by atoms with Crippen LogP contribution in [0.25, 0.3) is 78.3 Å². The Morgan fingerprint density at radius 1 is 0.300 bits per heavy atom. The second-order valence-electron chi connectivity index (χ2n) is 15.5. The second-order valence-corrected chi connectivity index (χ2v) is 15.5. The van der Waals surface area contributed by atoms with E-state index in [1.165, 1.54) is 44.2 Å². The van der Waals surface area contributed by atoms with Crippen LogP contribution in [0.4, 0.5) is 0 Å². The molecule has 0 N–H and O–H groups in total. The highest BCUT2D eigenvalue weighted by atomic mass is 16.5. The maximum absolute atomic E-state index is 6.56. The Kier molecular flexibility index (Phi) is 7.72. The fraction of sp³-hybridized carbons (Fsp3) is 0.0179. The number of hydrogen-bond donors (Lipinski definition) is 0. The van der Waals surface area contributed by atoms with Crippen LogP contribution in [0.3, 0.4) is 0 Å². The summed E-state index contributed by atoms with van der Waals surface area (Å²) in [7, 11) is 0. The van der Waals surface area contributed by atoms with Crippen molar-refractivity contribution in [3.63, 3.8) is 0 Å². The van der Waals surface area contributed by atoms with E-state index in [9.17, 15) is 0 Å². The lowest BCUT2D eigenvalue weighted by atomic mass is 9.66. The molecular formula is C56H35N3O. The second kappa shape index (κ2) is 13.6. The Morgan fingerprint density at radius 2 is 0.733 bits per heavy atom.